The number of benzene rings is 1. The Labute approximate surface area is 113 Å². The summed E-state index contributed by atoms with van der Waals surface area (Å²) in [7, 11) is 0. The van der Waals surface area contributed by atoms with Gasteiger partial charge in [0.25, 0.3) is 0 Å². The largest absolute Gasteiger partial charge is 0.416 e. The third kappa shape index (κ3) is 4.86. The monoisotopic (exact) mass is 324 g/mol. The predicted molar refractivity (Wildman–Crippen MR) is 70.8 cm³/mol. The second-order valence-corrected chi connectivity index (χ2v) is 4.68. The van der Waals surface area contributed by atoms with Crippen molar-refractivity contribution in [2.75, 3.05) is 25.0 Å². The molecule has 6 heteroatoms. The summed E-state index contributed by atoms with van der Waals surface area (Å²) >= 11 is 3.14. The second kappa shape index (κ2) is 6.99. The smallest absolute Gasteiger partial charge is 0.384 e. The van der Waals surface area contributed by atoms with Gasteiger partial charge in [0, 0.05) is 16.7 Å². The molecule has 0 aromatic heterocycles. The third-order valence-electron chi connectivity index (χ3n) is 2.39. The van der Waals surface area contributed by atoms with Crippen molar-refractivity contribution in [3.8, 4) is 0 Å². The van der Waals surface area contributed by atoms with Crippen molar-refractivity contribution < 1.29 is 13.2 Å². The molecule has 0 aliphatic carbocycles. The van der Waals surface area contributed by atoms with Crippen molar-refractivity contribution in [3.05, 3.63) is 28.2 Å². The zero-order chi connectivity index (χ0) is 13.6. The highest BCUT2D eigenvalue weighted by molar-refractivity contribution is 9.10. The van der Waals surface area contributed by atoms with Gasteiger partial charge in [-0.25, -0.2) is 0 Å². The number of hydrogen-bond acceptors (Lipinski definition) is 2. The molecule has 1 aromatic carbocycles. The summed E-state index contributed by atoms with van der Waals surface area (Å²) in [6.45, 7) is 4.56. The molecule has 2 N–H and O–H groups in total. The first-order valence-corrected chi connectivity index (χ1v) is 6.55. The maximum absolute atomic E-state index is 12.4. The molecular formula is C12H16BrF3N2. The first kappa shape index (κ1) is 15.3. The zero-order valence-corrected chi connectivity index (χ0v) is 11.7. The summed E-state index contributed by atoms with van der Waals surface area (Å²) < 4.78 is 37.8. The molecule has 1 aromatic rings. The molecule has 0 aliphatic rings. The van der Waals surface area contributed by atoms with Gasteiger partial charge in [-0.15, -0.1) is 0 Å². The van der Waals surface area contributed by atoms with E-state index in [1.54, 1.807) is 0 Å². The molecule has 0 bridgehead atoms. The molecule has 2 nitrogen and oxygen atoms in total. The molecule has 0 saturated carbocycles. The minimum Gasteiger partial charge on any atom is -0.384 e. The van der Waals surface area contributed by atoms with E-state index in [2.05, 4.69) is 26.6 Å². The molecule has 0 atom stereocenters. The van der Waals surface area contributed by atoms with Crippen LogP contribution in [0.15, 0.2) is 22.7 Å². The normalized spacial score (nSPS) is 11.6. The van der Waals surface area contributed by atoms with Gasteiger partial charge >= 0.3 is 6.18 Å². The number of hydrogen-bond donors (Lipinski definition) is 2. The number of nitrogens with one attached hydrogen (secondary N) is 2. The van der Waals surface area contributed by atoms with E-state index in [0.29, 0.717) is 10.2 Å². The van der Waals surface area contributed by atoms with E-state index in [1.165, 1.54) is 6.07 Å². The molecule has 0 aliphatic heterocycles. The van der Waals surface area contributed by atoms with Crippen LogP contribution in [0.2, 0.25) is 0 Å². The fourth-order valence-electron chi connectivity index (χ4n) is 1.45. The Morgan fingerprint density at radius 3 is 2.50 bits per heavy atom. The summed E-state index contributed by atoms with van der Waals surface area (Å²) in [5.41, 5.74) is 0.0343. The SMILES string of the molecule is CCNCCCNc1ccc(C(F)(F)F)cc1Br. The van der Waals surface area contributed by atoms with Crippen molar-refractivity contribution in [2.45, 2.75) is 19.5 Å². The molecule has 1 rings (SSSR count). The van der Waals surface area contributed by atoms with Crippen LogP contribution in [-0.4, -0.2) is 19.6 Å². The van der Waals surface area contributed by atoms with Crippen molar-refractivity contribution >= 4 is 21.6 Å². The topological polar surface area (TPSA) is 24.1 Å². The van der Waals surface area contributed by atoms with Crippen LogP contribution >= 0.6 is 15.9 Å². The number of anilines is 1. The molecule has 0 radical (unpaired) electrons. The van der Waals surface area contributed by atoms with Gasteiger partial charge in [0.1, 0.15) is 0 Å². The lowest BCUT2D eigenvalue weighted by molar-refractivity contribution is -0.137. The Kier molecular flexibility index (Phi) is 5.95. The standard InChI is InChI=1S/C12H16BrF3N2/c1-2-17-6-3-7-18-11-5-4-9(8-10(11)13)12(14,15)16/h4-5,8,17-18H,2-3,6-7H2,1H3. The molecular weight excluding hydrogens is 309 g/mol. The zero-order valence-electron chi connectivity index (χ0n) is 10.1. The van der Waals surface area contributed by atoms with Gasteiger partial charge < -0.3 is 10.6 Å². The quantitative estimate of drug-likeness (QED) is 0.776. The molecule has 18 heavy (non-hydrogen) atoms. The van der Waals surface area contributed by atoms with Crippen LogP contribution in [0.4, 0.5) is 18.9 Å². The highest BCUT2D eigenvalue weighted by Gasteiger charge is 2.30. The fraction of sp³-hybridized carbons (Fsp3) is 0.500. The van der Waals surface area contributed by atoms with Gasteiger partial charge in [-0.05, 0) is 53.6 Å². The predicted octanol–water partition coefficient (Wildman–Crippen LogP) is 3.88. The van der Waals surface area contributed by atoms with Crippen LogP contribution in [0.25, 0.3) is 0 Å². The average Bonchev–Trinajstić information content (AvgIpc) is 2.29. The number of alkyl halides is 3. The summed E-state index contributed by atoms with van der Waals surface area (Å²) in [5, 5.41) is 6.27. The van der Waals surface area contributed by atoms with Gasteiger partial charge in [0.15, 0.2) is 0 Å². The van der Waals surface area contributed by atoms with Gasteiger partial charge in [0.05, 0.1) is 5.56 Å². The van der Waals surface area contributed by atoms with E-state index in [4.69, 9.17) is 0 Å². The second-order valence-electron chi connectivity index (χ2n) is 3.83. The van der Waals surface area contributed by atoms with E-state index < -0.39 is 11.7 Å². The Bertz CT molecular complexity index is 380. The Hall–Kier alpha value is -0.750. The van der Waals surface area contributed by atoms with Gasteiger partial charge in [0.2, 0.25) is 0 Å². The van der Waals surface area contributed by atoms with Crippen molar-refractivity contribution in [3.63, 3.8) is 0 Å². The molecule has 0 spiro atoms. The fourth-order valence-corrected chi connectivity index (χ4v) is 1.97. The lowest BCUT2D eigenvalue weighted by Crippen LogP contribution is -2.17. The number of rotatable bonds is 6. The minimum absolute atomic E-state index is 0.431. The van der Waals surface area contributed by atoms with E-state index in [9.17, 15) is 13.2 Å². The summed E-state index contributed by atoms with van der Waals surface area (Å²) in [6.07, 6.45) is -3.38. The van der Waals surface area contributed by atoms with Crippen molar-refractivity contribution in [1.29, 1.82) is 0 Å². The van der Waals surface area contributed by atoms with E-state index in [0.717, 1.165) is 38.2 Å². The Morgan fingerprint density at radius 1 is 1.22 bits per heavy atom. The van der Waals surface area contributed by atoms with Crippen LogP contribution in [0.5, 0.6) is 0 Å². The van der Waals surface area contributed by atoms with E-state index in [1.807, 2.05) is 6.92 Å². The maximum Gasteiger partial charge on any atom is 0.416 e. The summed E-state index contributed by atoms with van der Waals surface area (Å²) in [4.78, 5) is 0. The van der Waals surface area contributed by atoms with Crippen LogP contribution in [0.3, 0.4) is 0 Å². The van der Waals surface area contributed by atoms with Crippen LogP contribution in [0, 0.1) is 0 Å². The molecule has 0 amide bonds. The van der Waals surface area contributed by atoms with Crippen LogP contribution in [-0.2, 0) is 6.18 Å². The molecule has 102 valence electrons. The van der Waals surface area contributed by atoms with Crippen molar-refractivity contribution in [2.24, 2.45) is 0 Å². The first-order chi connectivity index (χ1) is 8.45. The molecule has 0 saturated heterocycles. The minimum atomic E-state index is -4.30. The molecule has 0 heterocycles. The first-order valence-electron chi connectivity index (χ1n) is 5.76. The lowest BCUT2D eigenvalue weighted by Gasteiger charge is -2.12. The number of halogens is 4. The van der Waals surface area contributed by atoms with Gasteiger partial charge in [-0.3, -0.25) is 0 Å². The van der Waals surface area contributed by atoms with E-state index in [-0.39, 0.29) is 0 Å². The van der Waals surface area contributed by atoms with Crippen LogP contribution in [0.1, 0.15) is 18.9 Å². The average molecular weight is 325 g/mol. The lowest BCUT2D eigenvalue weighted by atomic mass is 10.2. The molecule has 0 unspecified atom stereocenters. The highest BCUT2D eigenvalue weighted by atomic mass is 79.9. The van der Waals surface area contributed by atoms with Crippen LogP contribution < -0.4 is 10.6 Å². The summed E-state index contributed by atoms with van der Waals surface area (Å²) in [6, 6.07) is 3.62. The maximum atomic E-state index is 12.4. The van der Waals surface area contributed by atoms with Gasteiger partial charge in [-0.1, -0.05) is 6.92 Å². The Morgan fingerprint density at radius 2 is 1.94 bits per heavy atom. The third-order valence-corrected chi connectivity index (χ3v) is 3.05. The summed E-state index contributed by atoms with van der Waals surface area (Å²) in [5.74, 6) is 0. The van der Waals surface area contributed by atoms with E-state index >= 15 is 0 Å². The highest BCUT2D eigenvalue weighted by Crippen LogP contribution is 2.33. The van der Waals surface area contributed by atoms with Gasteiger partial charge in [-0.2, -0.15) is 13.2 Å². The molecule has 0 fully saturated rings. The Balaban J connectivity index is 2.53. The van der Waals surface area contributed by atoms with Crippen molar-refractivity contribution in [1.82, 2.24) is 5.32 Å².